The number of amides is 2. The van der Waals surface area contributed by atoms with E-state index in [0.717, 1.165) is 24.2 Å². The van der Waals surface area contributed by atoms with E-state index in [4.69, 9.17) is 0 Å². The van der Waals surface area contributed by atoms with Crippen LogP contribution < -0.4 is 4.90 Å². The zero-order chi connectivity index (χ0) is 25.1. The van der Waals surface area contributed by atoms with Gasteiger partial charge in [0.2, 0.25) is 0 Å². The monoisotopic (exact) mass is 505 g/mol. The zero-order valence-corrected chi connectivity index (χ0v) is 19.9. The molecule has 6 rings (SSSR count). The van der Waals surface area contributed by atoms with Crippen molar-refractivity contribution in [3.8, 4) is 0 Å². The predicted octanol–water partition coefficient (Wildman–Crippen LogP) is 2.91. The van der Waals surface area contributed by atoms with Gasteiger partial charge >= 0.3 is 12.2 Å². The molecule has 194 valence electrons. The van der Waals surface area contributed by atoms with Crippen LogP contribution in [0.1, 0.15) is 61.4 Å². The Morgan fingerprint density at radius 1 is 1.00 bits per heavy atom. The van der Waals surface area contributed by atoms with Gasteiger partial charge in [-0.15, -0.1) is 0 Å². The van der Waals surface area contributed by atoms with Crippen molar-refractivity contribution in [2.24, 2.45) is 0 Å². The van der Waals surface area contributed by atoms with Crippen LogP contribution in [0.3, 0.4) is 0 Å². The Balaban J connectivity index is 0.978. The van der Waals surface area contributed by atoms with Gasteiger partial charge in [0.1, 0.15) is 12.1 Å². The maximum absolute atomic E-state index is 13.1. The van der Waals surface area contributed by atoms with Crippen LogP contribution in [-0.4, -0.2) is 91.7 Å². The highest BCUT2D eigenvalue weighted by Gasteiger charge is 2.57. The summed E-state index contributed by atoms with van der Waals surface area (Å²) < 4.78 is 41.2. The molecule has 1 unspecified atom stereocenters. The van der Waals surface area contributed by atoms with Crippen LogP contribution >= 0.6 is 0 Å². The SMILES string of the molecule is O=C(N1CCC(n2cnc(C3CC3)n2)CC1)N1CC(c2ccc(N3CCC(O)(C(F)(F)F)C3)nc2)C1. The Bertz CT molecular complexity index is 1110. The molecular formula is C24H30F3N7O2. The number of aliphatic hydroxyl groups is 1. The molecule has 9 nitrogen and oxygen atoms in total. The minimum atomic E-state index is -4.66. The number of piperidine rings is 1. The molecular weight excluding hydrogens is 475 g/mol. The lowest BCUT2D eigenvalue weighted by molar-refractivity contribution is -0.250. The van der Waals surface area contributed by atoms with Crippen LogP contribution in [0, 0.1) is 0 Å². The number of hydrogen-bond donors (Lipinski definition) is 1. The number of likely N-dealkylation sites (tertiary alicyclic amines) is 2. The summed E-state index contributed by atoms with van der Waals surface area (Å²) >= 11 is 0. The second-order valence-corrected chi connectivity index (χ2v) is 10.6. The molecule has 5 heterocycles. The Morgan fingerprint density at radius 2 is 1.75 bits per heavy atom. The van der Waals surface area contributed by atoms with Crippen molar-refractivity contribution in [3.05, 3.63) is 36.0 Å². The van der Waals surface area contributed by atoms with Gasteiger partial charge in [0.05, 0.1) is 12.6 Å². The molecule has 36 heavy (non-hydrogen) atoms. The van der Waals surface area contributed by atoms with Crippen molar-refractivity contribution in [3.63, 3.8) is 0 Å². The van der Waals surface area contributed by atoms with Crippen LogP contribution in [0.2, 0.25) is 0 Å². The van der Waals surface area contributed by atoms with Crippen molar-refractivity contribution < 1.29 is 23.1 Å². The average molecular weight is 506 g/mol. The highest BCUT2D eigenvalue weighted by atomic mass is 19.4. The molecule has 2 aromatic heterocycles. The van der Waals surface area contributed by atoms with Crippen molar-refractivity contribution in [2.75, 3.05) is 44.2 Å². The standard InChI is InChI=1S/C24H30F3N7O2/c25-24(26,27)23(36)7-10-32(14-23)20-4-3-17(11-28-20)18-12-33(13-18)22(35)31-8-5-19(6-9-31)34-15-29-21(30-34)16-1-2-16/h3-4,11,15-16,18-19,36H,1-2,5-10,12-14H2. The molecule has 0 bridgehead atoms. The molecule has 3 saturated heterocycles. The first-order chi connectivity index (χ1) is 17.2. The fourth-order valence-electron chi connectivity index (χ4n) is 5.41. The van der Waals surface area contributed by atoms with E-state index in [1.807, 2.05) is 26.9 Å². The smallest absolute Gasteiger partial charge is 0.379 e. The number of urea groups is 1. The third kappa shape index (κ3) is 4.29. The van der Waals surface area contributed by atoms with Crippen molar-refractivity contribution in [1.82, 2.24) is 29.5 Å². The Morgan fingerprint density at radius 3 is 2.36 bits per heavy atom. The van der Waals surface area contributed by atoms with E-state index in [-0.39, 0.29) is 31.0 Å². The van der Waals surface area contributed by atoms with Crippen molar-refractivity contribution >= 4 is 11.8 Å². The van der Waals surface area contributed by atoms with Crippen LogP contribution in [0.15, 0.2) is 24.7 Å². The summed E-state index contributed by atoms with van der Waals surface area (Å²) in [6.07, 6.45) is 2.56. The van der Waals surface area contributed by atoms with E-state index in [2.05, 4.69) is 15.1 Å². The molecule has 0 aromatic carbocycles. The summed E-state index contributed by atoms with van der Waals surface area (Å²) in [5, 5.41) is 14.5. The van der Waals surface area contributed by atoms with E-state index < -0.39 is 18.3 Å². The van der Waals surface area contributed by atoms with Gasteiger partial charge in [0.15, 0.2) is 11.4 Å². The number of pyridine rings is 1. The molecule has 0 radical (unpaired) electrons. The molecule has 3 aliphatic heterocycles. The maximum Gasteiger partial charge on any atom is 0.418 e. The van der Waals surface area contributed by atoms with Gasteiger partial charge < -0.3 is 19.8 Å². The lowest BCUT2D eigenvalue weighted by Gasteiger charge is -2.43. The van der Waals surface area contributed by atoms with E-state index in [1.165, 1.54) is 17.7 Å². The molecule has 1 aliphatic carbocycles. The fraction of sp³-hybridized carbons (Fsp3) is 0.667. The van der Waals surface area contributed by atoms with Gasteiger partial charge in [0, 0.05) is 57.2 Å². The quantitative estimate of drug-likeness (QED) is 0.687. The number of β-amino-alcohol motifs (C(OH)–C–C–N with tert-alkyl or cyclic N) is 1. The lowest BCUT2D eigenvalue weighted by Crippen LogP contribution is -2.55. The zero-order valence-electron chi connectivity index (χ0n) is 19.9. The molecule has 4 fully saturated rings. The van der Waals surface area contributed by atoms with E-state index in [1.54, 1.807) is 12.3 Å². The van der Waals surface area contributed by atoms with Crippen LogP contribution in [0.4, 0.5) is 23.8 Å². The first-order valence-corrected chi connectivity index (χ1v) is 12.6. The Hall–Kier alpha value is -2.89. The van der Waals surface area contributed by atoms with E-state index >= 15 is 0 Å². The van der Waals surface area contributed by atoms with Crippen LogP contribution in [0.5, 0.6) is 0 Å². The van der Waals surface area contributed by atoms with Crippen molar-refractivity contribution in [1.29, 1.82) is 0 Å². The number of hydrogen-bond acceptors (Lipinski definition) is 6. The highest BCUT2D eigenvalue weighted by Crippen LogP contribution is 2.40. The van der Waals surface area contributed by atoms with E-state index in [9.17, 15) is 23.1 Å². The van der Waals surface area contributed by atoms with Crippen LogP contribution in [-0.2, 0) is 0 Å². The van der Waals surface area contributed by atoms with E-state index in [0.29, 0.717) is 37.9 Å². The third-order valence-corrected chi connectivity index (χ3v) is 8.07. The Kier molecular flexibility index (Phi) is 5.62. The average Bonchev–Trinajstić information content (AvgIpc) is 3.41. The highest BCUT2D eigenvalue weighted by molar-refractivity contribution is 5.75. The summed E-state index contributed by atoms with van der Waals surface area (Å²) in [5.41, 5.74) is -1.73. The van der Waals surface area contributed by atoms with Gasteiger partial charge in [-0.05, 0) is 37.3 Å². The molecule has 0 spiro atoms. The number of anilines is 1. The number of nitrogens with zero attached hydrogens (tertiary/aromatic N) is 7. The molecule has 1 atom stereocenters. The lowest BCUT2D eigenvalue weighted by atomic mass is 9.93. The molecule has 2 amide bonds. The fourth-order valence-corrected chi connectivity index (χ4v) is 5.41. The summed E-state index contributed by atoms with van der Waals surface area (Å²) in [5.74, 6) is 2.07. The molecule has 12 heteroatoms. The molecule has 2 aromatic rings. The van der Waals surface area contributed by atoms with Gasteiger partial charge in [-0.25, -0.2) is 19.4 Å². The molecule has 1 saturated carbocycles. The number of carbonyl (C=O) groups is 1. The molecule has 4 aliphatic rings. The summed E-state index contributed by atoms with van der Waals surface area (Å²) in [6, 6.07) is 3.89. The topological polar surface area (TPSA) is 90.6 Å². The number of aromatic nitrogens is 4. The minimum absolute atomic E-state index is 0.0510. The van der Waals surface area contributed by atoms with Gasteiger partial charge in [-0.2, -0.15) is 18.3 Å². The third-order valence-electron chi connectivity index (χ3n) is 8.07. The maximum atomic E-state index is 13.1. The summed E-state index contributed by atoms with van der Waals surface area (Å²) in [7, 11) is 0. The second kappa shape index (κ2) is 8.60. The minimum Gasteiger partial charge on any atom is -0.379 e. The van der Waals surface area contributed by atoms with Gasteiger partial charge in [-0.1, -0.05) is 6.07 Å². The number of alkyl halides is 3. The van der Waals surface area contributed by atoms with Crippen LogP contribution in [0.25, 0.3) is 0 Å². The summed E-state index contributed by atoms with van der Waals surface area (Å²) in [6.45, 7) is 2.18. The second-order valence-electron chi connectivity index (χ2n) is 10.6. The molecule has 1 N–H and O–H groups in total. The van der Waals surface area contributed by atoms with Gasteiger partial charge in [-0.3, -0.25) is 0 Å². The Labute approximate surface area is 206 Å². The number of halogens is 3. The summed E-state index contributed by atoms with van der Waals surface area (Å²) in [4.78, 5) is 26.9. The predicted molar refractivity (Wildman–Crippen MR) is 124 cm³/mol. The first kappa shape index (κ1) is 23.5. The van der Waals surface area contributed by atoms with Gasteiger partial charge in [0.25, 0.3) is 0 Å². The first-order valence-electron chi connectivity index (χ1n) is 12.6. The largest absolute Gasteiger partial charge is 0.418 e. The number of carbonyl (C=O) groups excluding carboxylic acids is 1. The normalized spacial score (nSPS) is 25.9. The van der Waals surface area contributed by atoms with Crippen molar-refractivity contribution in [2.45, 2.75) is 61.8 Å². The number of rotatable bonds is 4.